The number of amides is 3. The van der Waals surface area contributed by atoms with Crippen LogP contribution in [0.4, 0.5) is 9.59 Å². The van der Waals surface area contributed by atoms with Crippen molar-refractivity contribution >= 4 is 35.2 Å². The van der Waals surface area contributed by atoms with Crippen molar-refractivity contribution in [3.8, 4) is 0 Å². The zero-order chi connectivity index (χ0) is 27.9. The molecule has 1 aliphatic heterocycles. The zero-order valence-corrected chi connectivity index (χ0v) is 23.1. The summed E-state index contributed by atoms with van der Waals surface area (Å²) < 4.78 is 5.71. The fourth-order valence-corrected chi connectivity index (χ4v) is 5.48. The molecule has 1 unspecified atom stereocenters. The Morgan fingerprint density at radius 2 is 1.87 bits per heavy atom. The van der Waals surface area contributed by atoms with Crippen LogP contribution >= 0.6 is 11.3 Å². The predicted octanol–water partition coefficient (Wildman–Crippen LogP) is 4.78. The quantitative estimate of drug-likeness (QED) is 0.350. The largest absolute Gasteiger partial charge is 0.465 e. The average molecular weight is 544 g/mol. The van der Waals surface area contributed by atoms with E-state index in [1.165, 1.54) is 16.2 Å². The zero-order valence-electron chi connectivity index (χ0n) is 22.3. The number of alkyl carbamates (subject to hydrolysis) is 1. The van der Waals surface area contributed by atoms with Crippen LogP contribution in [-0.2, 0) is 20.7 Å². The van der Waals surface area contributed by atoms with Crippen molar-refractivity contribution in [3.63, 3.8) is 0 Å². The summed E-state index contributed by atoms with van der Waals surface area (Å²) in [4.78, 5) is 52.0. The van der Waals surface area contributed by atoms with E-state index in [-0.39, 0.29) is 19.0 Å². The Balaban J connectivity index is 1.67. The van der Waals surface area contributed by atoms with Crippen LogP contribution < -0.4 is 10.6 Å². The lowest BCUT2D eigenvalue weighted by Gasteiger charge is -2.33. The molecule has 2 heterocycles. The van der Waals surface area contributed by atoms with Gasteiger partial charge in [-0.2, -0.15) is 11.3 Å². The Morgan fingerprint density at radius 1 is 1.16 bits per heavy atom. The van der Waals surface area contributed by atoms with Gasteiger partial charge in [0.1, 0.15) is 12.1 Å². The van der Waals surface area contributed by atoms with Crippen molar-refractivity contribution in [2.75, 3.05) is 6.54 Å². The topological polar surface area (TPSA) is 125 Å². The summed E-state index contributed by atoms with van der Waals surface area (Å²) in [6.45, 7) is 7.51. The summed E-state index contributed by atoms with van der Waals surface area (Å²) in [6.07, 6.45) is -0.461. The van der Waals surface area contributed by atoms with Gasteiger partial charge in [0.05, 0.1) is 12.6 Å². The molecule has 2 aromatic rings. The molecule has 0 saturated carbocycles. The standard InChI is InChI=1S/C28H37N3O6S/c1-5-6-12-21(24(32)25(33)29-18(2)20-10-8-7-9-11-20)30-26(34)37-23-16-31(27(35)36)22(28(23,3)4)15-19-13-14-38-17-19/h7-11,13-14,17-18,21-23H,5-6,12,15-16H2,1-4H3,(H,29,33)(H,30,34)(H,35,36)/t18-,21+,22?,23-/m1/s1. The van der Waals surface area contributed by atoms with Gasteiger partial charge in [-0.25, -0.2) is 9.59 Å². The van der Waals surface area contributed by atoms with E-state index in [0.717, 1.165) is 17.5 Å². The van der Waals surface area contributed by atoms with Gasteiger partial charge in [0.15, 0.2) is 0 Å². The predicted molar refractivity (Wildman–Crippen MR) is 145 cm³/mol. The molecule has 1 aromatic heterocycles. The van der Waals surface area contributed by atoms with Gasteiger partial charge in [0.25, 0.3) is 5.91 Å². The Kier molecular flexibility index (Phi) is 9.90. The monoisotopic (exact) mass is 543 g/mol. The van der Waals surface area contributed by atoms with Crippen molar-refractivity contribution in [2.45, 2.75) is 77.6 Å². The molecule has 1 saturated heterocycles. The number of rotatable bonds is 11. The number of thiophene rings is 1. The molecule has 9 nitrogen and oxygen atoms in total. The minimum Gasteiger partial charge on any atom is -0.465 e. The van der Waals surface area contributed by atoms with E-state index < -0.39 is 47.5 Å². The highest BCUT2D eigenvalue weighted by molar-refractivity contribution is 7.07. The molecule has 38 heavy (non-hydrogen) atoms. The summed E-state index contributed by atoms with van der Waals surface area (Å²) >= 11 is 1.54. The van der Waals surface area contributed by atoms with E-state index >= 15 is 0 Å². The normalized spacial score (nSPS) is 19.8. The molecule has 0 aliphatic carbocycles. The number of nitrogens with zero attached hydrogens (tertiary/aromatic N) is 1. The first-order valence-electron chi connectivity index (χ1n) is 12.9. The molecule has 3 N–H and O–H groups in total. The third-order valence-electron chi connectivity index (χ3n) is 7.26. The smallest absolute Gasteiger partial charge is 0.408 e. The minimum atomic E-state index is -1.08. The highest BCUT2D eigenvalue weighted by Gasteiger charge is 2.52. The van der Waals surface area contributed by atoms with E-state index in [9.17, 15) is 24.3 Å². The number of nitrogens with one attached hydrogen (secondary N) is 2. The van der Waals surface area contributed by atoms with Crippen LogP contribution in [0.15, 0.2) is 47.2 Å². The van der Waals surface area contributed by atoms with Crippen LogP contribution in [0.25, 0.3) is 0 Å². The molecule has 0 radical (unpaired) electrons. The van der Waals surface area contributed by atoms with Gasteiger partial charge in [-0.15, -0.1) is 0 Å². The van der Waals surface area contributed by atoms with Gasteiger partial charge >= 0.3 is 12.2 Å². The number of carbonyl (C=O) groups is 4. The average Bonchev–Trinajstić information content (AvgIpc) is 3.48. The summed E-state index contributed by atoms with van der Waals surface area (Å²) in [5.41, 5.74) is 1.20. The van der Waals surface area contributed by atoms with E-state index in [2.05, 4.69) is 10.6 Å². The first kappa shape index (κ1) is 29.2. The Labute approximate surface area is 227 Å². The van der Waals surface area contributed by atoms with Crippen molar-refractivity contribution in [2.24, 2.45) is 5.41 Å². The molecule has 1 fully saturated rings. The second-order valence-electron chi connectivity index (χ2n) is 10.3. The van der Waals surface area contributed by atoms with Crippen LogP contribution in [0.1, 0.15) is 64.1 Å². The van der Waals surface area contributed by atoms with Crippen LogP contribution in [0, 0.1) is 5.41 Å². The van der Waals surface area contributed by atoms with Crippen LogP contribution in [0.2, 0.25) is 0 Å². The van der Waals surface area contributed by atoms with Gasteiger partial charge in [-0.1, -0.05) is 63.9 Å². The third kappa shape index (κ3) is 7.12. The Morgan fingerprint density at radius 3 is 2.47 bits per heavy atom. The maximum absolute atomic E-state index is 13.0. The molecule has 206 valence electrons. The van der Waals surface area contributed by atoms with Gasteiger partial charge < -0.3 is 25.4 Å². The molecule has 0 spiro atoms. The molecular weight excluding hydrogens is 506 g/mol. The van der Waals surface area contributed by atoms with Crippen molar-refractivity contribution in [1.29, 1.82) is 0 Å². The molecule has 3 amide bonds. The third-order valence-corrected chi connectivity index (χ3v) is 7.99. The lowest BCUT2D eigenvalue weighted by Crippen LogP contribution is -2.49. The fraction of sp³-hybridized carbons (Fsp3) is 0.500. The van der Waals surface area contributed by atoms with Crippen molar-refractivity contribution < 1.29 is 29.0 Å². The molecule has 0 bridgehead atoms. The molecule has 1 aliphatic rings. The highest BCUT2D eigenvalue weighted by atomic mass is 32.1. The maximum atomic E-state index is 13.0. The fourth-order valence-electron chi connectivity index (χ4n) is 4.80. The number of Topliss-reactive ketones (excluding diaryl/α,β-unsaturated/α-hetero) is 1. The molecule has 4 atom stereocenters. The Bertz CT molecular complexity index is 1110. The first-order chi connectivity index (χ1) is 18.0. The summed E-state index contributed by atoms with van der Waals surface area (Å²) in [5, 5.41) is 19.0. The number of ether oxygens (including phenoxy) is 1. The van der Waals surface area contributed by atoms with Gasteiger partial charge in [-0.05, 0) is 47.7 Å². The summed E-state index contributed by atoms with van der Waals surface area (Å²) in [6, 6.07) is 9.41. The number of likely N-dealkylation sites (tertiary alicyclic amines) is 1. The molecule has 3 rings (SSSR count). The van der Waals surface area contributed by atoms with Gasteiger partial charge in [-0.3, -0.25) is 9.59 Å². The number of unbranched alkanes of at least 4 members (excludes halogenated alkanes) is 1. The number of carbonyl (C=O) groups excluding carboxylic acids is 3. The first-order valence-corrected chi connectivity index (χ1v) is 13.9. The van der Waals surface area contributed by atoms with Crippen LogP contribution in [0.5, 0.6) is 0 Å². The number of benzene rings is 1. The van der Waals surface area contributed by atoms with Crippen molar-refractivity contribution in [3.05, 3.63) is 58.3 Å². The summed E-state index contributed by atoms with van der Waals surface area (Å²) in [7, 11) is 0. The highest BCUT2D eigenvalue weighted by Crippen LogP contribution is 2.40. The molecule has 1 aromatic carbocycles. The van der Waals surface area contributed by atoms with Crippen molar-refractivity contribution in [1.82, 2.24) is 15.5 Å². The SMILES string of the molecule is CCCC[C@H](NC(=O)O[C@@H]1CN(C(=O)O)C(Cc2ccsc2)C1(C)C)C(=O)C(=O)N[C@H](C)c1ccccc1. The second kappa shape index (κ2) is 12.9. The number of hydrogen-bond acceptors (Lipinski definition) is 6. The lowest BCUT2D eigenvalue weighted by atomic mass is 9.80. The molecular formula is C28H37N3O6S. The number of ketones is 1. The molecule has 10 heteroatoms. The Hall–Kier alpha value is -3.40. The van der Waals surface area contributed by atoms with E-state index in [4.69, 9.17) is 4.74 Å². The van der Waals surface area contributed by atoms with E-state index in [1.54, 1.807) is 6.92 Å². The van der Waals surface area contributed by atoms with Gasteiger partial charge in [0.2, 0.25) is 5.78 Å². The number of hydrogen-bond donors (Lipinski definition) is 3. The lowest BCUT2D eigenvalue weighted by molar-refractivity contribution is -0.139. The van der Waals surface area contributed by atoms with Gasteiger partial charge in [0, 0.05) is 11.5 Å². The van der Waals surface area contributed by atoms with E-state index in [1.807, 2.05) is 67.9 Å². The minimum absolute atomic E-state index is 0.0210. The van der Waals surface area contributed by atoms with Crippen LogP contribution in [-0.4, -0.2) is 58.6 Å². The van der Waals surface area contributed by atoms with E-state index in [0.29, 0.717) is 12.8 Å². The second-order valence-corrected chi connectivity index (χ2v) is 11.1. The number of carboxylic acid groups (broad SMARTS) is 1. The van der Waals surface area contributed by atoms with Crippen LogP contribution in [0.3, 0.4) is 0 Å². The summed E-state index contributed by atoms with van der Waals surface area (Å²) in [5.74, 6) is -1.52. The maximum Gasteiger partial charge on any atom is 0.408 e.